The van der Waals surface area contributed by atoms with E-state index in [1.165, 1.54) is 13.2 Å². The normalized spacial score (nSPS) is 10.4. The van der Waals surface area contributed by atoms with Crippen LogP contribution in [0.2, 0.25) is 0 Å². The molecule has 21 heavy (non-hydrogen) atoms. The number of aromatic nitrogens is 2. The first kappa shape index (κ1) is 14.9. The minimum Gasteiger partial charge on any atom is -0.497 e. The third kappa shape index (κ3) is 3.53. The molecule has 0 saturated carbocycles. The van der Waals surface area contributed by atoms with Gasteiger partial charge in [0.05, 0.1) is 25.3 Å². The molecule has 1 heterocycles. The number of rotatable bonds is 7. The van der Waals surface area contributed by atoms with Crippen molar-refractivity contribution in [2.75, 3.05) is 7.11 Å². The third-order valence-corrected chi connectivity index (χ3v) is 3.06. The van der Waals surface area contributed by atoms with Crippen LogP contribution in [-0.4, -0.2) is 27.7 Å². The second kappa shape index (κ2) is 6.78. The molecule has 0 spiro atoms. The molecule has 2 rings (SSSR count). The van der Waals surface area contributed by atoms with E-state index in [1.807, 2.05) is 4.57 Å². The van der Waals surface area contributed by atoms with Crippen molar-refractivity contribution < 1.29 is 19.4 Å². The van der Waals surface area contributed by atoms with Gasteiger partial charge in [0.1, 0.15) is 23.7 Å². The summed E-state index contributed by atoms with van der Waals surface area (Å²) in [6, 6.07) is 4.72. The van der Waals surface area contributed by atoms with Crippen molar-refractivity contribution in [2.24, 2.45) is 0 Å². The predicted molar refractivity (Wildman–Crippen MR) is 76.8 cm³/mol. The molecule has 0 aliphatic carbocycles. The van der Waals surface area contributed by atoms with Crippen molar-refractivity contribution in [2.45, 2.75) is 26.5 Å². The predicted octanol–water partition coefficient (Wildman–Crippen LogP) is 2.58. The number of aryl methyl sites for hydroxylation is 1. The highest BCUT2D eigenvalue weighted by Gasteiger charge is 2.13. The van der Waals surface area contributed by atoms with Gasteiger partial charge in [-0.05, 0) is 24.6 Å². The number of nitrogens with zero attached hydrogens (tertiary/aromatic N) is 2. The fourth-order valence-electron chi connectivity index (χ4n) is 1.99. The molecule has 6 nitrogen and oxygen atoms in total. The Morgan fingerprint density at radius 3 is 2.90 bits per heavy atom. The van der Waals surface area contributed by atoms with Gasteiger partial charge in [0.25, 0.3) is 0 Å². The molecule has 0 atom stereocenters. The minimum absolute atomic E-state index is 0.0795. The summed E-state index contributed by atoms with van der Waals surface area (Å²) in [5.41, 5.74) is 0.986. The molecular formula is C15H18N2O4. The molecule has 0 fully saturated rings. The van der Waals surface area contributed by atoms with Gasteiger partial charge < -0.3 is 19.1 Å². The number of carbonyl (C=O) groups is 1. The summed E-state index contributed by atoms with van der Waals surface area (Å²) in [6.07, 6.45) is 4.46. The summed E-state index contributed by atoms with van der Waals surface area (Å²) in [5.74, 6) is -0.255. The lowest BCUT2D eigenvalue weighted by molar-refractivity contribution is 0.0691. The maximum atomic E-state index is 11.3. The monoisotopic (exact) mass is 290 g/mol. The van der Waals surface area contributed by atoms with E-state index in [0.29, 0.717) is 11.5 Å². The lowest BCUT2D eigenvalue weighted by Crippen LogP contribution is -2.07. The summed E-state index contributed by atoms with van der Waals surface area (Å²) in [5, 5.41) is 9.23. The molecule has 0 saturated heterocycles. The Morgan fingerprint density at radius 1 is 1.43 bits per heavy atom. The van der Waals surface area contributed by atoms with E-state index in [1.54, 1.807) is 24.7 Å². The number of hydrogen-bond donors (Lipinski definition) is 1. The highest BCUT2D eigenvalue weighted by molar-refractivity contribution is 5.91. The van der Waals surface area contributed by atoms with Gasteiger partial charge in [-0.3, -0.25) is 0 Å². The van der Waals surface area contributed by atoms with Crippen molar-refractivity contribution in [3.05, 3.63) is 42.0 Å². The number of carboxylic acid groups (broad SMARTS) is 1. The van der Waals surface area contributed by atoms with Crippen LogP contribution in [0.1, 0.15) is 29.4 Å². The molecule has 112 valence electrons. The number of hydrogen-bond acceptors (Lipinski definition) is 4. The maximum absolute atomic E-state index is 11.3. The average molecular weight is 290 g/mol. The van der Waals surface area contributed by atoms with Gasteiger partial charge in [0.2, 0.25) is 0 Å². The first-order valence-corrected chi connectivity index (χ1v) is 6.68. The average Bonchev–Trinajstić information content (AvgIpc) is 2.92. The molecular weight excluding hydrogens is 272 g/mol. The molecule has 1 aromatic heterocycles. The minimum atomic E-state index is -1.05. The van der Waals surface area contributed by atoms with E-state index in [4.69, 9.17) is 9.47 Å². The topological polar surface area (TPSA) is 73.6 Å². The van der Waals surface area contributed by atoms with Gasteiger partial charge in [0.15, 0.2) is 0 Å². The summed E-state index contributed by atoms with van der Waals surface area (Å²) in [4.78, 5) is 15.4. The van der Waals surface area contributed by atoms with Crippen molar-refractivity contribution >= 4 is 5.97 Å². The summed E-state index contributed by atoms with van der Waals surface area (Å²) >= 11 is 0. The molecule has 0 unspecified atom stereocenters. The summed E-state index contributed by atoms with van der Waals surface area (Å²) < 4.78 is 12.7. The van der Waals surface area contributed by atoms with E-state index in [9.17, 15) is 9.90 Å². The molecule has 2 aromatic rings. The van der Waals surface area contributed by atoms with Crippen LogP contribution < -0.4 is 9.47 Å². The number of ether oxygens (including phenoxy) is 2. The first-order chi connectivity index (χ1) is 10.2. The number of methoxy groups -OCH3 is 1. The summed E-state index contributed by atoms with van der Waals surface area (Å²) in [6.45, 7) is 3.20. The molecule has 0 amide bonds. The quantitative estimate of drug-likeness (QED) is 0.848. The van der Waals surface area contributed by atoms with Gasteiger partial charge in [-0.2, -0.15) is 0 Å². The lowest BCUT2D eigenvalue weighted by atomic mass is 10.2. The lowest BCUT2D eigenvalue weighted by Gasteiger charge is -2.11. The smallest absolute Gasteiger partial charge is 0.339 e. The SMILES string of the molecule is CCCn1cncc1COc1ccc(OC)cc1C(=O)O. The zero-order valence-electron chi connectivity index (χ0n) is 12.1. The van der Waals surface area contributed by atoms with E-state index < -0.39 is 5.97 Å². The third-order valence-electron chi connectivity index (χ3n) is 3.06. The summed E-state index contributed by atoms with van der Waals surface area (Å²) in [7, 11) is 1.49. The molecule has 6 heteroatoms. The first-order valence-electron chi connectivity index (χ1n) is 6.68. The van der Waals surface area contributed by atoms with Gasteiger partial charge >= 0.3 is 5.97 Å². The van der Waals surface area contributed by atoms with E-state index >= 15 is 0 Å². The van der Waals surface area contributed by atoms with Crippen LogP contribution in [0.3, 0.4) is 0 Å². The van der Waals surface area contributed by atoms with E-state index in [2.05, 4.69) is 11.9 Å². The zero-order valence-corrected chi connectivity index (χ0v) is 12.1. The van der Waals surface area contributed by atoms with Crippen molar-refractivity contribution in [3.63, 3.8) is 0 Å². The van der Waals surface area contributed by atoms with Gasteiger partial charge in [-0.25, -0.2) is 9.78 Å². The number of aromatic carboxylic acids is 1. The van der Waals surface area contributed by atoms with Crippen LogP contribution in [0.15, 0.2) is 30.7 Å². The van der Waals surface area contributed by atoms with E-state index in [-0.39, 0.29) is 12.2 Å². The molecule has 0 aliphatic heterocycles. The Kier molecular flexibility index (Phi) is 4.81. The fraction of sp³-hybridized carbons (Fsp3) is 0.333. The van der Waals surface area contributed by atoms with E-state index in [0.717, 1.165) is 18.7 Å². The Bertz CT molecular complexity index is 622. The molecule has 0 radical (unpaired) electrons. The standard InChI is InChI=1S/C15H18N2O4/c1-3-6-17-10-16-8-11(17)9-21-14-5-4-12(20-2)7-13(14)15(18)19/h4-5,7-8,10H,3,6,9H2,1-2H3,(H,18,19). The van der Waals surface area contributed by atoms with Crippen LogP contribution in [0.25, 0.3) is 0 Å². The van der Waals surface area contributed by atoms with Gasteiger partial charge in [-0.15, -0.1) is 0 Å². The number of benzene rings is 1. The van der Waals surface area contributed by atoms with Crippen LogP contribution >= 0.6 is 0 Å². The van der Waals surface area contributed by atoms with Crippen LogP contribution in [0.4, 0.5) is 0 Å². The Morgan fingerprint density at radius 2 is 2.24 bits per heavy atom. The molecule has 0 bridgehead atoms. The Labute approximate surface area is 122 Å². The van der Waals surface area contributed by atoms with Gasteiger partial charge in [-0.1, -0.05) is 6.92 Å². The second-order valence-electron chi connectivity index (χ2n) is 4.53. The maximum Gasteiger partial charge on any atom is 0.339 e. The molecule has 0 aliphatic rings. The Hall–Kier alpha value is -2.50. The molecule has 1 aromatic carbocycles. The van der Waals surface area contributed by atoms with Gasteiger partial charge in [0, 0.05) is 6.54 Å². The van der Waals surface area contributed by atoms with Crippen molar-refractivity contribution in [1.82, 2.24) is 9.55 Å². The van der Waals surface area contributed by atoms with Crippen LogP contribution in [0, 0.1) is 0 Å². The van der Waals surface area contributed by atoms with Crippen LogP contribution in [0.5, 0.6) is 11.5 Å². The van der Waals surface area contributed by atoms with Crippen molar-refractivity contribution in [1.29, 1.82) is 0 Å². The highest BCUT2D eigenvalue weighted by Crippen LogP contribution is 2.25. The molecule has 1 N–H and O–H groups in total. The number of imidazole rings is 1. The largest absolute Gasteiger partial charge is 0.497 e. The highest BCUT2D eigenvalue weighted by atomic mass is 16.5. The van der Waals surface area contributed by atoms with Crippen molar-refractivity contribution in [3.8, 4) is 11.5 Å². The van der Waals surface area contributed by atoms with Crippen LogP contribution in [-0.2, 0) is 13.2 Å². The second-order valence-corrected chi connectivity index (χ2v) is 4.53. The number of carboxylic acids is 1. The fourth-order valence-corrected chi connectivity index (χ4v) is 1.99. The Balaban J connectivity index is 2.15. The zero-order chi connectivity index (χ0) is 15.2.